The van der Waals surface area contributed by atoms with E-state index in [0.29, 0.717) is 12.2 Å². The molecule has 9 heteroatoms. The van der Waals surface area contributed by atoms with E-state index in [0.717, 1.165) is 55.3 Å². The zero-order valence-corrected chi connectivity index (χ0v) is 19.3. The Labute approximate surface area is 194 Å². The lowest BCUT2D eigenvalue weighted by molar-refractivity contribution is 0.0939. The van der Waals surface area contributed by atoms with Crippen molar-refractivity contribution in [3.8, 4) is 11.4 Å². The monoisotopic (exact) mass is 448 g/mol. The van der Waals surface area contributed by atoms with Crippen molar-refractivity contribution in [1.82, 2.24) is 34.9 Å². The van der Waals surface area contributed by atoms with Gasteiger partial charge < -0.3 is 15.1 Å². The number of nitrogens with zero attached hydrogens (tertiary/aromatic N) is 7. The number of likely N-dealkylation sites (tertiary alicyclic amines) is 1. The molecule has 0 atom stereocenters. The molecule has 2 aliphatic rings. The van der Waals surface area contributed by atoms with Crippen LogP contribution in [0.1, 0.15) is 49.1 Å². The highest BCUT2D eigenvalue weighted by Gasteiger charge is 2.19. The second kappa shape index (κ2) is 9.82. The van der Waals surface area contributed by atoms with Crippen molar-refractivity contribution in [2.24, 2.45) is 7.05 Å². The fourth-order valence-electron chi connectivity index (χ4n) is 4.80. The summed E-state index contributed by atoms with van der Waals surface area (Å²) < 4.78 is 1.80. The Kier molecular flexibility index (Phi) is 6.48. The number of hydrogen-bond acceptors (Lipinski definition) is 7. The van der Waals surface area contributed by atoms with Gasteiger partial charge in [0.25, 0.3) is 5.91 Å². The number of anilines is 1. The van der Waals surface area contributed by atoms with Gasteiger partial charge in [0.1, 0.15) is 11.5 Å². The summed E-state index contributed by atoms with van der Waals surface area (Å²) in [5.41, 5.74) is 2.17. The van der Waals surface area contributed by atoms with Crippen LogP contribution >= 0.6 is 0 Å². The summed E-state index contributed by atoms with van der Waals surface area (Å²) in [6, 6.07) is 5.94. The number of nitrogens with one attached hydrogen (secondary N) is 1. The first-order valence-corrected chi connectivity index (χ1v) is 12.1. The van der Waals surface area contributed by atoms with Crippen molar-refractivity contribution in [3.05, 3.63) is 30.2 Å². The number of aromatic nitrogens is 5. The molecule has 0 unspecified atom stereocenters. The fraction of sp³-hybridized carbons (Fsp3) is 0.542. The van der Waals surface area contributed by atoms with Crippen molar-refractivity contribution in [3.63, 3.8) is 0 Å². The minimum absolute atomic E-state index is 0.168. The third-order valence-corrected chi connectivity index (χ3v) is 6.62. The van der Waals surface area contributed by atoms with Gasteiger partial charge in [0.15, 0.2) is 5.65 Å². The van der Waals surface area contributed by atoms with E-state index in [1.54, 1.807) is 16.9 Å². The molecule has 2 fully saturated rings. The van der Waals surface area contributed by atoms with Gasteiger partial charge in [0.2, 0.25) is 5.82 Å². The predicted molar refractivity (Wildman–Crippen MR) is 128 cm³/mol. The minimum Gasteiger partial charge on any atom is -0.357 e. The summed E-state index contributed by atoms with van der Waals surface area (Å²) in [6.45, 7) is 5.78. The van der Waals surface area contributed by atoms with Gasteiger partial charge >= 0.3 is 0 Å². The molecule has 1 N–H and O–H groups in total. The number of amides is 1. The number of aryl methyl sites for hydroxylation is 1. The number of rotatable bonds is 6. The second-order valence-electron chi connectivity index (χ2n) is 8.98. The van der Waals surface area contributed by atoms with Crippen LogP contribution in [0.3, 0.4) is 0 Å². The second-order valence-corrected chi connectivity index (χ2v) is 8.98. The van der Waals surface area contributed by atoms with E-state index in [-0.39, 0.29) is 11.7 Å². The Balaban J connectivity index is 1.34. The van der Waals surface area contributed by atoms with Crippen LogP contribution < -0.4 is 10.2 Å². The number of carbonyl (C=O) groups is 1. The summed E-state index contributed by atoms with van der Waals surface area (Å²) in [5, 5.41) is 8.56. The van der Waals surface area contributed by atoms with Gasteiger partial charge in [0, 0.05) is 44.8 Å². The highest BCUT2D eigenvalue weighted by atomic mass is 16.2. The smallest absolute Gasteiger partial charge is 0.289 e. The van der Waals surface area contributed by atoms with Crippen LogP contribution in [0.4, 0.5) is 5.82 Å². The van der Waals surface area contributed by atoms with Crippen molar-refractivity contribution < 1.29 is 4.79 Å². The number of fused-ring (bicyclic) bond motifs is 1. The zero-order chi connectivity index (χ0) is 22.6. The van der Waals surface area contributed by atoms with Crippen LogP contribution in [0.5, 0.6) is 0 Å². The molecule has 0 aliphatic carbocycles. The molecule has 1 amide bonds. The quantitative estimate of drug-likeness (QED) is 0.620. The Hall–Kier alpha value is -3.07. The maximum absolute atomic E-state index is 12.6. The minimum atomic E-state index is -0.252. The van der Waals surface area contributed by atoms with Gasteiger partial charge in [-0.1, -0.05) is 12.8 Å². The van der Waals surface area contributed by atoms with Gasteiger partial charge in [-0.2, -0.15) is 5.10 Å². The van der Waals surface area contributed by atoms with E-state index in [1.165, 1.54) is 38.5 Å². The van der Waals surface area contributed by atoms with E-state index in [1.807, 2.05) is 7.05 Å². The lowest BCUT2D eigenvalue weighted by atomic mass is 10.2. The average molecular weight is 449 g/mol. The zero-order valence-electron chi connectivity index (χ0n) is 19.3. The first-order chi connectivity index (χ1) is 16.2. The van der Waals surface area contributed by atoms with E-state index in [9.17, 15) is 4.79 Å². The fourth-order valence-corrected chi connectivity index (χ4v) is 4.80. The Bertz CT molecular complexity index is 1110. The van der Waals surface area contributed by atoms with E-state index in [4.69, 9.17) is 4.98 Å². The molecular formula is C24H32N8O. The average Bonchev–Trinajstić information content (AvgIpc) is 3.38. The van der Waals surface area contributed by atoms with Crippen molar-refractivity contribution >= 4 is 22.8 Å². The molecule has 0 radical (unpaired) electrons. The molecule has 3 aromatic rings. The molecule has 9 nitrogen and oxygen atoms in total. The number of pyridine rings is 1. The molecule has 174 valence electrons. The summed E-state index contributed by atoms with van der Waals surface area (Å²) in [5.74, 6) is 0.916. The van der Waals surface area contributed by atoms with E-state index in [2.05, 4.69) is 42.3 Å². The van der Waals surface area contributed by atoms with Gasteiger partial charge in [0.05, 0.1) is 5.69 Å². The number of carbonyl (C=O) groups excluding carboxylic acids is 1. The molecule has 0 bridgehead atoms. The Morgan fingerprint density at radius 2 is 1.73 bits per heavy atom. The third-order valence-electron chi connectivity index (χ3n) is 6.62. The van der Waals surface area contributed by atoms with Crippen molar-refractivity contribution in [1.29, 1.82) is 0 Å². The van der Waals surface area contributed by atoms with Gasteiger partial charge in [-0.05, 0) is 57.0 Å². The van der Waals surface area contributed by atoms with Crippen LogP contribution in [-0.2, 0) is 7.05 Å². The van der Waals surface area contributed by atoms with E-state index >= 15 is 0 Å². The SMILES string of the molecule is Cn1nc(-c2ccnc(C(=O)NCCN3CCCC3)n2)c2ccc(N3CCCCCC3)nc21. The topological polar surface area (TPSA) is 92.1 Å². The van der Waals surface area contributed by atoms with Gasteiger partial charge in [-0.25, -0.2) is 19.6 Å². The van der Waals surface area contributed by atoms with Crippen LogP contribution in [0, 0.1) is 0 Å². The Morgan fingerprint density at radius 1 is 0.970 bits per heavy atom. The molecular weight excluding hydrogens is 416 g/mol. The molecule has 5 rings (SSSR count). The maximum atomic E-state index is 12.6. The van der Waals surface area contributed by atoms with Crippen LogP contribution in [0.25, 0.3) is 22.4 Å². The highest BCUT2D eigenvalue weighted by Crippen LogP contribution is 2.28. The summed E-state index contributed by atoms with van der Waals surface area (Å²) in [6.07, 6.45) is 9.10. The largest absolute Gasteiger partial charge is 0.357 e. The normalized spacial score (nSPS) is 17.4. The molecule has 2 saturated heterocycles. The summed E-state index contributed by atoms with van der Waals surface area (Å²) >= 11 is 0. The Morgan fingerprint density at radius 3 is 2.52 bits per heavy atom. The number of hydrogen-bond donors (Lipinski definition) is 1. The lowest BCUT2D eigenvalue weighted by Crippen LogP contribution is -2.34. The molecule has 2 aliphatic heterocycles. The first-order valence-electron chi connectivity index (χ1n) is 12.1. The molecule has 0 saturated carbocycles. The first kappa shape index (κ1) is 21.8. The van der Waals surface area contributed by atoms with Crippen LogP contribution in [-0.4, -0.2) is 74.8 Å². The molecule has 33 heavy (non-hydrogen) atoms. The standard InChI is InChI=1S/C24H32N8O/c1-30-23-18(8-9-20(28-23)32-15-4-2-3-5-16-32)21(29-30)19-10-11-25-22(27-19)24(33)26-12-17-31-13-6-7-14-31/h8-11H,2-7,12-17H2,1H3,(H,26,33). The maximum Gasteiger partial charge on any atom is 0.289 e. The van der Waals surface area contributed by atoms with Crippen molar-refractivity contribution in [2.45, 2.75) is 38.5 Å². The molecule has 3 aromatic heterocycles. The van der Waals surface area contributed by atoms with E-state index < -0.39 is 0 Å². The predicted octanol–water partition coefficient (Wildman–Crippen LogP) is 2.63. The summed E-state index contributed by atoms with van der Waals surface area (Å²) in [4.78, 5) is 31.0. The summed E-state index contributed by atoms with van der Waals surface area (Å²) in [7, 11) is 1.90. The molecule has 0 aromatic carbocycles. The molecule has 0 spiro atoms. The molecule has 5 heterocycles. The van der Waals surface area contributed by atoms with Crippen LogP contribution in [0.15, 0.2) is 24.4 Å². The van der Waals surface area contributed by atoms with Gasteiger partial charge in [-0.3, -0.25) is 4.79 Å². The van der Waals surface area contributed by atoms with Gasteiger partial charge in [-0.15, -0.1) is 0 Å². The third kappa shape index (κ3) is 4.83. The van der Waals surface area contributed by atoms with Crippen molar-refractivity contribution in [2.75, 3.05) is 44.2 Å². The van der Waals surface area contributed by atoms with Crippen LogP contribution in [0.2, 0.25) is 0 Å². The highest BCUT2D eigenvalue weighted by molar-refractivity contribution is 5.93. The lowest BCUT2D eigenvalue weighted by Gasteiger charge is -2.21.